The molecular formula is C20H22BrN3O3. The van der Waals surface area contributed by atoms with Gasteiger partial charge in [0, 0.05) is 23.0 Å². The summed E-state index contributed by atoms with van der Waals surface area (Å²) in [5.41, 5.74) is 4.74. The molecule has 0 atom stereocenters. The van der Waals surface area contributed by atoms with Crippen LogP contribution in [0.2, 0.25) is 0 Å². The van der Waals surface area contributed by atoms with Gasteiger partial charge in [0.15, 0.2) is 0 Å². The number of anilines is 1. The summed E-state index contributed by atoms with van der Waals surface area (Å²) in [4.78, 5) is 23.8. The van der Waals surface area contributed by atoms with Crippen LogP contribution in [-0.4, -0.2) is 24.1 Å². The van der Waals surface area contributed by atoms with Crippen LogP contribution in [0.1, 0.15) is 32.3 Å². The molecule has 0 bridgehead atoms. The minimum Gasteiger partial charge on any atom is -0.494 e. The number of benzene rings is 2. The van der Waals surface area contributed by atoms with E-state index in [9.17, 15) is 9.59 Å². The van der Waals surface area contributed by atoms with Crippen molar-refractivity contribution in [3.05, 3.63) is 58.6 Å². The van der Waals surface area contributed by atoms with E-state index in [-0.39, 0.29) is 24.7 Å². The van der Waals surface area contributed by atoms with E-state index in [2.05, 4.69) is 31.8 Å². The van der Waals surface area contributed by atoms with Gasteiger partial charge in [-0.1, -0.05) is 28.1 Å². The Morgan fingerprint density at radius 1 is 1.00 bits per heavy atom. The van der Waals surface area contributed by atoms with Crippen LogP contribution < -0.4 is 15.5 Å². The summed E-state index contributed by atoms with van der Waals surface area (Å²) in [7, 11) is 0. The molecule has 2 aromatic carbocycles. The molecule has 2 amide bonds. The van der Waals surface area contributed by atoms with Crippen molar-refractivity contribution in [2.24, 2.45) is 5.10 Å². The van der Waals surface area contributed by atoms with Crippen molar-refractivity contribution in [3.8, 4) is 5.75 Å². The number of hydrogen-bond acceptors (Lipinski definition) is 4. The van der Waals surface area contributed by atoms with E-state index in [1.54, 1.807) is 24.3 Å². The third kappa shape index (κ3) is 7.22. The van der Waals surface area contributed by atoms with Gasteiger partial charge in [0.2, 0.25) is 11.8 Å². The summed E-state index contributed by atoms with van der Waals surface area (Å²) in [6.45, 7) is 4.30. The lowest BCUT2D eigenvalue weighted by molar-refractivity contribution is -0.124. The molecule has 0 aromatic heterocycles. The second-order valence-corrected chi connectivity index (χ2v) is 6.66. The smallest absolute Gasteiger partial charge is 0.240 e. The second-order valence-electron chi connectivity index (χ2n) is 5.74. The standard InChI is InChI=1S/C20H22BrN3O3/c1-3-27-18-10-8-17(9-11-18)22-19(25)12-13-20(26)24-23-14(2)15-4-6-16(21)7-5-15/h4-11H,3,12-13H2,1-2H3,(H,22,25)(H,24,26)/b23-14-. The fraction of sp³-hybridized carbons (Fsp3) is 0.250. The first-order chi connectivity index (χ1) is 13.0. The lowest BCUT2D eigenvalue weighted by Crippen LogP contribution is -2.21. The number of carbonyl (C=O) groups excluding carboxylic acids is 2. The first-order valence-electron chi connectivity index (χ1n) is 8.59. The average molecular weight is 432 g/mol. The van der Waals surface area contributed by atoms with Gasteiger partial charge in [-0.15, -0.1) is 0 Å². The molecule has 0 aliphatic heterocycles. The van der Waals surface area contributed by atoms with Crippen LogP contribution in [0.5, 0.6) is 5.75 Å². The van der Waals surface area contributed by atoms with Crippen molar-refractivity contribution in [1.29, 1.82) is 0 Å². The monoisotopic (exact) mass is 431 g/mol. The Bertz CT molecular complexity index is 802. The van der Waals surface area contributed by atoms with Crippen molar-refractivity contribution >= 4 is 39.1 Å². The number of rotatable bonds is 8. The van der Waals surface area contributed by atoms with E-state index in [1.807, 2.05) is 38.1 Å². The molecule has 0 saturated heterocycles. The molecule has 6 nitrogen and oxygen atoms in total. The highest BCUT2D eigenvalue weighted by Crippen LogP contribution is 2.16. The highest BCUT2D eigenvalue weighted by Gasteiger charge is 2.07. The molecular weight excluding hydrogens is 410 g/mol. The van der Waals surface area contributed by atoms with Gasteiger partial charge < -0.3 is 10.1 Å². The van der Waals surface area contributed by atoms with Crippen molar-refractivity contribution in [1.82, 2.24) is 5.43 Å². The number of nitrogens with one attached hydrogen (secondary N) is 2. The van der Waals surface area contributed by atoms with E-state index < -0.39 is 0 Å². The zero-order chi connectivity index (χ0) is 19.6. The topological polar surface area (TPSA) is 79.8 Å². The summed E-state index contributed by atoms with van der Waals surface area (Å²) in [5, 5.41) is 6.82. The van der Waals surface area contributed by atoms with Gasteiger partial charge >= 0.3 is 0 Å². The zero-order valence-electron chi connectivity index (χ0n) is 15.3. The quantitative estimate of drug-likeness (QED) is 0.487. The maximum absolute atomic E-state index is 12.0. The predicted molar refractivity (Wildman–Crippen MR) is 110 cm³/mol. The second kappa shape index (κ2) is 10.5. The molecule has 2 rings (SSSR count). The molecule has 2 aromatic rings. The summed E-state index contributed by atoms with van der Waals surface area (Å²) >= 11 is 3.37. The molecule has 0 aliphatic carbocycles. The minimum absolute atomic E-state index is 0.0555. The van der Waals surface area contributed by atoms with Gasteiger partial charge in [-0.2, -0.15) is 5.10 Å². The van der Waals surface area contributed by atoms with E-state index >= 15 is 0 Å². The van der Waals surface area contributed by atoms with Crippen LogP contribution in [0.25, 0.3) is 0 Å². The third-order valence-electron chi connectivity index (χ3n) is 3.64. The normalized spacial score (nSPS) is 11.0. The number of hydrazone groups is 1. The van der Waals surface area contributed by atoms with Crippen molar-refractivity contribution in [2.75, 3.05) is 11.9 Å². The molecule has 0 spiro atoms. The molecule has 0 unspecified atom stereocenters. The van der Waals surface area contributed by atoms with Crippen LogP contribution in [-0.2, 0) is 9.59 Å². The largest absolute Gasteiger partial charge is 0.494 e. The summed E-state index contributed by atoms with van der Waals surface area (Å²) in [6.07, 6.45) is 0.131. The lowest BCUT2D eigenvalue weighted by Gasteiger charge is -2.07. The number of halogens is 1. The SMILES string of the molecule is CCOc1ccc(NC(=O)CCC(=O)N/N=C(/C)c2ccc(Br)cc2)cc1. The van der Waals surface area contributed by atoms with E-state index in [0.29, 0.717) is 18.0 Å². The van der Waals surface area contributed by atoms with Crippen LogP contribution in [0.3, 0.4) is 0 Å². The average Bonchev–Trinajstić information content (AvgIpc) is 2.67. The molecule has 0 saturated carbocycles. The molecule has 0 radical (unpaired) electrons. The zero-order valence-corrected chi connectivity index (χ0v) is 16.9. The summed E-state index contributed by atoms with van der Waals surface area (Å²) < 4.78 is 6.32. The Kier molecular flexibility index (Phi) is 8.00. The van der Waals surface area contributed by atoms with Gasteiger partial charge in [-0.25, -0.2) is 5.43 Å². The van der Waals surface area contributed by atoms with Crippen LogP contribution in [0.15, 0.2) is 58.1 Å². The van der Waals surface area contributed by atoms with Crippen molar-refractivity contribution in [2.45, 2.75) is 26.7 Å². The number of ether oxygens (including phenoxy) is 1. The Morgan fingerprint density at radius 2 is 1.63 bits per heavy atom. The Labute approximate surface area is 167 Å². The Morgan fingerprint density at radius 3 is 2.26 bits per heavy atom. The number of amides is 2. The molecule has 0 aliphatic rings. The predicted octanol–water partition coefficient (Wildman–Crippen LogP) is 4.11. The van der Waals surface area contributed by atoms with Crippen LogP contribution in [0.4, 0.5) is 5.69 Å². The van der Waals surface area contributed by atoms with Crippen molar-refractivity contribution < 1.29 is 14.3 Å². The van der Waals surface area contributed by atoms with Gasteiger partial charge in [0.05, 0.1) is 12.3 Å². The molecule has 0 fully saturated rings. The lowest BCUT2D eigenvalue weighted by atomic mass is 10.1. The summed E-state index contributed by atoms with van der Waals surface area (Å²) in [5.74, 6) is 0.199. The highest BCUT2D eigenvalue weighted by atomic mass is 79.9. The van der Waals surface area contributed by atoms with E-state index in [4.69, 9.17) is 4.74 Å². The fourth-order valence-electron chi connectivity index (χ4n) is 2.21. The van der Waals surface area contributed by atoms with Gasteiger partial charge in [0.25, 0.3) is 0 Å². The van der Waals surface area contributed by atoms with Crippen LogP contribution in [0, 0.1) is 0 Å². The van der Waals surface area contributed by atoms with Crippen LogP contribution >= 0.6 is 15.9 Å². The highest BCUT2D eigenvalue weighted by molar-refractivity contribution is 9.10. The fourth-order valence-corrected chi connectivity index (χ4v) is 2.47. The van der Waals surface area contributed by atoms with Gasteiger partial charge in [0.1, 0.15) is 5.75 Å². The maximum atomic E-state index is 12.0. The molecule has 7 heteroatoms. The summed E-state index contributed by atoms with van der Waals surface area (Å²) in [6, 6.07) is 14.7. The van der Waals surface area contributed by atoms with Crippen molar-refractivity contribution in [3.63, 3.8) is 0 Å². The first kappa shape index (κ1) is 20.6. The number of hydrogen-bond donors (Lipinski definition) is 2. The van der Waals surface area contributed by atoms with E-state index in [0.717, 1.165) is 15.8 Å². The number of carbonyl (C=O) groups is 2. The molecule has 142 valence electrons. The Hall–Kier alpha value is -2.67. The third-order valence-corrected chi connectivity index (χ3v) is 4.17. The van der Waals surface area contributed by atoms with E-state index in [1.165, 1.54) is 0 Å². The first-order valence-corrected chi connectivity index (χ1v) is 9.39. The molecule has 0 heterocycles. The van der Waals surface area contributed by atoms with Gasteiger partial charge in [-0.3, -0.25) is 9.59 Å². The molecule has 2 N–H and O–H groups in total. The van der Waals surface area contributed by atoms with Gasteiger partial charge in [-0.05, 0) is 55.8 Å². The Balaban J connectivity index is 1.76. The maximum Gasteiger partial charge on any atom is 0.240 e. The minimum atomic E-state index is -0.312. The molecule has 27 heavy (non-hydrogen) atoms. The number of nitrogens with zero attached hydrogens (tertiary/aromatic N) is 1.